The van der Waals surface area contributed by atoms with Crippen molar-refractivity contribution in [3.63, 3.8) is 0 Å². The van der Waals surface area contributed by atoms with Gasteiger partial charge in [-0.1, -0.05) is 20.8 Å². The summed E-state index contributed by atoms with van der Waals surface area (Å²) in [6.07, 6.45) is 7.18. The fourth-order valence-corrected chi connectivity index (χ4v) is 3.33. The molecule has 0 atom stereocenters. The van der Waals surface area contributed by atoms with E-state index in [1.807, 2.05) is 6.92 Å². The van der Waals surface area contributed by atoms with Crippen molar-refractivity contribution in [2.75, 3.05) is 11.9 Å². The number of anilines is 1. The Labute approximate surface area is 128 Å². The van der Waals surface area contributed by atoms with Gasteiger partial charge in [-0.2, -0.15) is 0 Å². The van der Waals surface area contributed by atoms with Gasteiger partial charge in [0.05, 0.1) is 0 Å². The van der Waals surface area contributed by atoms with Crippen molar-refractivity contribution in [1.29, 1.82) is 0 Å². The summed E-state index contributed by atoms with van der Waals surface area (Å²) in [4.78, 5) is 8.62. The van der Waals surface area contributed by atoms with Crippen LogP contribution in [0.15, 0.2) is 6.33 Å². The lowest BCUT2D eigenvalue weighted by atomic mass is 9.71. The van der Waals surface area contributed by atoms with Gasteiger partial charge in [-0.05, 0) is 43.9 Å². The van der Waals surface area contributed by atoms with E-state index in [4.69, 9.17) is 0 Å². The van der Waals surface area contributed by atoms with Gasteiger partial charge in [0.2, 0.25) is 0 Å². The number of hydrogen-bond acceptors (Lipinski definition) is 4. The number of hydrogen-bond donors (Lipinski definition) is 2. The third-order valence-corrected chi connectivity index (χ3v) is 4.82. The zero-order valence-electron chi connectivity index (χ0n) is 13.8. The van der Waals surface area contributed by atoms with Gasteiger partial charge in [0.25, 0.3) is 0 Å². The van der Waals surface area contributed by atoms with Crippen LogP contribution in [-0.4, -0.2) is 27.7 Å². The first-order chi connectivity index (χ1) is 9.91. The summed E-state index contributed by atoms with van der Waals surface area (Å²) in [6.45, 7) is 9.16. The Morgan fingerprint density at radius 1 is 1.19 bits per heavy atom. The topological polar surface area (TPSA) is 58.0 Å². The van der Waals surface area contributed by atoms with Gasteiger partial charge in [-0.3, -0.25) is 0 Å². The predicted octanol–water partition coefficient (Wildman–Crippen LogP) is 3.34. The molecule has 0 aromatic carbocycles. The van der Waals surface area contributed by atoms with Gasteiger partial charge in [-0.15, -0.1) is 0 Å². The molecule has 1 aliphatic carbocycles. The van der Waals surface area contributed by atoms with E-state index in [9.17, 15) is 5.11 Å². The first-order valence-corrected chi connectivity index (χ1v) is 8.09. The molecule has 0 radical (unpaired) electrons. The molecule has 2 N–H and O–H groups in total. The molecule has 0 unspecified atom stereocenters. The molecule has 0 saturated heterocycles. The normalized spacial score (nSPS) is 23.1. The highest BCUT2D eigenvalue weighted by Crippen LogP contribution is 2.38. The number of aromatic nitrogens is 2. The maximum Gasteiger partial charge on any atom is 0.133 e. The molecule has 118 valence electrons. The molecule has 4 heteroatoms. The summed E-state index contributed by atoms with van der Waals surface area (Å²) in [6, 6.07) is 0.496. The number of nitrogens with one attached hydrogen (secondary N) is 1. The first-order valence-electron chi connectivity index (χ1n) is 8.09. The molecule has 2 rings (SSSR count). The Hall–Kier alpha value is -1.16. The van der Waals surface area contributed by atoms with E-state index in [0.29, 0.717) is 17.9 Å². The highest BCUT2D eigenvalue weighted by molar-refractivity contribution is 5.46. The summed E-state index contributed by atoms with van der Waals surface area (Å²) < 4.78 is 0. The van der Waals surface area contributed by atoms with Crippen molar-refractivity contribution in [3.8, 4) is 0 Å². The maximum absolute atomic E-state index is 9.22. The van der Waals surface area contributed by atoms with Crippen LogP contribution in [0.4, 0.5) is 5.82 Å². The monoisotopic (exact) mass is 291 g/mol. The minimum absolute atomic E-state index is 0.139. The third-order valence-electron chi connectivity index (χ3n) is 4.82. The van der Waals surface area contributed by atoms with Crippen LogP contribution in [-0.2, 0) is 6.42 Å². The Balaban J connectivity index is 1.99. The second-order valence-corrected chi connectivity index (χ2v) is 7.32. The number of aliphatic hydroxyl groups excluding tert-OH is 1. The fourth-order valence-electron chi connectivity index (χ4n) is 3.33. The van der Waals surface area contributed by atoms with Crippen molar-refractivity contribution in [2.45, 2.75) is 65.8 Å². The lowest BCUT2D eigenvalue weighted by Gasteiger charge is -2.37. The first kappa shape index (κ1) is 16.2. The number of aryl methyl sites for hydroxylation is 1. The van der Waals surface area contributed by atoms with Gasteiger partial charge in [0, 0.05) is 30.3 Å². The van der Waals surface area contributed by atoms with Gasteiger partial charge >= 0.3 is 0 Å². The van der Waals surface area contributed by atoms with Crippen LogP contribution in [0.5, 0.6) is 0 Å². The van der Waals surface area contributed by atoms with E-state index in [2.05, 4.69) is 36.1 Å². The molecule has 0 aliphatic heterocycles. The Morgan fingerprint density at radius 2 is 1.86 bits per heavy atom. The number of aliphatic hydroxyl groups is 1. The molecule has 21 heavy (non-hydrogen) atoms. The predicted molar refractivity (Wildman–Crippen MR) is 86.4 cm³/mol. The van der Waals surface area contributed by atoms with Crippen LogP contribution in [0.2, 0.25) is 0 Å². The lowest BCUT2D eigenvalue weighted by Crippen LogP contribution is -2.32. The van der Waals surface area contributed by atoms with Gasteiger partial charge in [-0.25, -0.2) is 9.97 Å². The highest BCUT2D eigenvalue weighted by Gasteiger charge is 2.30. The van der Waals surface area contributed by atoms with E-state index in [-0.39, 0.29) is 6.61 Å². The lowest BCUT2D eigenvalue weighted by molar-refractivity contribution is 0.173. The Morgan fingerprint density at radius 3 is 2.43 bits per heavy atom. The van der Waals surface area contributed by atoms with Crippen LogP contribution in [0, 0.1) is 18.3 Å². The zero-order valence-corrected chi connectivity index (χ0v) is 13.8. The van der Waals surface area contributed by atoms with Crippen LogP contribution in [0.1, 0.15) is 57.7 Å². The average molecular weight is 291 g/mol. The standard InChI is InChI=1S/C17H29N3O/c1-12-15(9-10-21)16(19-11-18-12)20-14-7-5-13(6-8-14)17(2,3)4/h11,13-14,21H,5-10H2,1-4H3,(H,18,19,20). The van der Waals surface area contributed by atoms with E-state index in [1.165, 1.54) is 25.7 Å². The summed E-state index contributed by atoms with van der Waals surface area (Å²) in [7, 11) is 0. The molecule has 1 aromatic heterocycles. The molecule has 1 heterocycles. The highest BCUT2D eigenvalue weighted by atomic mass is 16.2. The van der Waals surface area contributed by atoms with Crippen molar-refractivity contribution in [2.24, 2.45) is 11.3 Å². The minimum Gasteiger partial charge on any atom is -0.396 e. The van der Waals surface area contributed by atoms with Crippen molar-refractivity contribution >= 4 is 5.82 Å². The van der Waals surface area contributed by atoms with E-state index in [1.54, 1.807) is 6.33 Å². The second-order valence-electron chi connectivity index (χ2n) is 7.32. The zero-order chi connectivity index (χ0) is 15.5. The van der Waals surface area contributed by atoms with Crippen LogP contribution in [0.3, 0.4) is 0 Å². The number of nitrogens with zero attached hydrogens (tertiary/aromatic N) is 2. The molecular formula is C17H29N3O. The van der Waals surface area contributed by atoms with Crippen molar-refractivity contribution in [1.82, 2.24) is 9.97 Å². The maximum atomic E-state index is 9.22. The van der Waals surface area contributed by atoms with Gasteiger partial charge in [0.1, 0.15) is 12.1 Å². The largest absolute Gasteiger partial charge is 0.396 e. The van der Waals surface area contributed by atoms with Crippen LogP contribution in [0.25, 0.3) is 0 Å². The van der Waals surface area contributed by atoms with E-state index in [0.717, 1.165) is 23.0 Å². The van der Waals surface area contributed by atoms with E-state index >= 15 is 0 Å². The average Bonchev–Trinajstić information content (AvgIpc) is 2.42. The summed E-state index contributed by atoms with van der Waals surface area (Å²) in [5.41, 5.74) is 2.43. The van der Waals surface area contributed by atoms with Crippen LogP contribution >= 0.6 is 0 Å². The minimum atomic E-state index is 0.139. The Kier molecular flexibility index (Phi) is 5.20. The molecule has 1 aliphatic rings. The Bertz CT molecular complexity index is 460. The smallest absolute Gasteiger partial charge is 0.133 e. The third kappa shape index (κ3) is 4.16. The molecule has 1 saturated carbocycles. The van der Waals surface area contributed by atoms with Gasteiger partial charge in [0.15, 0.2) is 0 Å². The molecule has 1 aromatic rings. The van der Waals surface area contributed by atoms with Crippen molar-refractivity contribution < 1.29 is 5.11 Å². The molecule has 0 bridgehead atoms. The molecule has 0 spiro atoms. The van der Waals surface area contributed by atoms with Crippen molar-refractivity contribution in [3.05, 3.63) is 17.6 Å². The summed E-state index contributed by atoms with van der Waals surface area (Å²) in [5, 5.41) is 12.8. The second kappa shape index (κ2) is 6.73. The number of rotatable bonds is 4. The summed E-state index contributed by atoms with van der Waals surface area (Å²) in [5.74, 6) is 1.73. The van der Waals surface area contributed by atoms with Gasteiger partial charge < -0.3 is 10.4 Å². The van der Waals surface area contributed by atoms with Crippen LogP contribution < -0.4 is 5.32 Å². The molecular weight excluding hydrogens is 262 g/mol. The molecule has 1 fully saturated rings. The van der Waals surface area contributed by atoms with E-state index < -0.39 is 0 Å². The summed E-state index contributed by atoms with van der Waals surface area (Å²) >= 11 is 0. The molecule has 0 amide bonds. The quantitative estimate of drug-likeness (QED) is 0.893. The SMILES string of the molecule is Cc1ncnc(NC2CCC(C(C)(C)C)CC2)c1CCO. The molecule has 4 nitrogen and oxygen atoms in total. The fraction of sp³-hybridized carbons (Fsp3) is 0.765.